The molecule has 0 spiro atoms. The van der Waals surface area contributed by atoms with Gasteiger partial charge in [0, 0.05) is 19.6 Å². The first-order valence-corrected chi connectivity index (χ1v) is 3.91. The fourth-order valence-corrected chi connectivity index (χ4v) is 1.74. The van der Waals surface area contributed by atoms with Gasteiger partial charge < -0.3 is 10.6 Å². The van der Waals surface area contributed by atoms with Crippen LogP contribution in [0.2, 0.25) is 0 Å². The molecular formula is C7H13N3. The topological polar surface area (TPSA) is 41.6 Å². The predicted octanol–water partition coefficient (Wildman–Crippen LogP) is 0.0267. The Labute approximate surface area is 60.9 Å². The summed E-state index contributed by atoms with van der Waals surface area (Å²) in [6, 6.07) is 0. The number of piperidine rings is 1. The summed E-state index contributed by atoms with van der Waals surface area (Å²) in [6.45, 7) is 3.23. The van der Waals surface area contributed by atoms with E-state index in [9.17, 15) is 0 Å². The Balaban J connectivity index is 2.15. The van der Waals surface area contributed by atoms with Crippen molar-refractivity contribution in [2.75, 3.05) is 19.6 Å². The molecule has 1 fully saturated rings. The Morgan fingerprint density at radius 2 is 2.50 bits per heavy atom. The minimum absolute atomic E-state index is 0.760. The van der Waals surface area contributed by atoms with Gasteiger partial charge in [0.15, 0.2) is 5.96 Å². The van der Waals surface area contributed by atoms with Gasteiger partial charge in [0.2, 0.25) is 0 Å². The second-order valence-corrected chi connectivity index (χ2v) is 3.15. The van der Waals surface area contributed by atoms with Gasteiger partial charge in [-0.3, -0.25) is 4.99 Å². The normalized spacial score (nSPS) is 31.8. The zero-order chi connectivity index (χ0) is 6.97. The average molecular weight is 139 g/mol. The van der Waals surface area contributed by atoms with Gasteiger partial charge in [-0.05, 0) is 18.8 Å². The summed E-state index contributed by atoms with van der Waals surface area (Å²) in [6.07, 6.45) is 2.63. The van der Waals surface area contributed by atoms with E-state index in [4.69, 9.17) is 5.73 Å². The Kier molecular flexibility index (Phi) is 1.29. The van der Waals surface area contributed by atoms with Crippen molar-refractivity contribution in [3.8, 4) is 0 Å². The third-order valence-corrected chi connectivity index (χ3v) is 2.35. The fraction of sp³-hybridized carbons (Fsp3) is 0.857. The quantitative estimate of drug-likeness (QED) is 0.514. The minimum Gasteiger partial charge on any atom is -0.370 e. The Hall–Kier alpha value is -0.730. The van der Waals surface area contributed by atoms with Crippen LogP contribution in [-0.2, 0) is 0 Å². The molecule has 1 atom stereocenters. The summed E-state index contributed by atoms with van der Waals surface area (Å²) in [7, 11) is 0. The second-order valence-electron chi connectivity index (χ2n) is 3.15. The molecule has 2 rings (SSSR count). The molecule has 0 aromatic carbocycles. The van der Waals surface area contributed by atoms with E-state index in [0.717, 1.165) is 31.5 Å². The first-order valence-electron chi connectivity index (χ1n) is 3.91. The highest BCUT2D eigenvalue weighted by Gasteiger charge is 2.24. The molecule has 0 saturated carbocycles. The van der Waals surface area contributed by atoms with Crippen LogP contribution in [0.3, 0.4) is 0 Å². The molecule has 2 aliphatic heterocycles. The number of hydrogen-bond acceptors (Lipinski definition) is 3. The maximum Gasteiger partial charge on any atom is 0.191 e. The number of guanidine groups is 1. The number of nitrogens with zero attached hydrogens (tertiary/aromatic N) is 2. The van der Waals surface area contributed by atoms with Crippen LogP contribution >= 0.6 is 0 Å². The van der Waals surface area contributed by atoms with Crippen LogP contribution in [0.4, 0.5) is 0 Å². The van der Waals surface area contributed by atoms with E-state index < -0.39 is 0 Å². The molecule has 0 aliphatic carbocycles. The van der Waals surface area contributed by atoms with Crippen molar-refractivity contribution in [1.29, 1.82) is 0 Å². The van der Waals surface area contributed by atoms with Gasteiger partial charge in [0.05, 0.1) is 0 Å². The van der Waals surface area contributed by atoms with E-state index >= 15 is 0 Å². The van der Waals surface area contributed by atoms with Gasteiger partial charge >= 0.3 is 0 Å². The van der Waals surface area contributed by atoms with Crippen molar-refractivity contribution in [2.45, 2.75) is 12.8 Å². The monoisotopic (exact) mass is 139 g/mol. The summed E-state index contributed by atoms with van der Waals surface area (Å²) in [5.41, 5.74) is 5.66. The molecule has 2 heterocycles. The lowest BCUT2D eigenvalue weighted by Gasteiger charge is -2.36. The molecule has 10 heavy (non-hydrogen) atoms. The number of nitrogens with two attached hydrogens (primary N) is 1. The van der Waals surface area contributed by atoms with E-state index in [1.807, 2.05) is 0 Å². The summed E-state index contributed by atoms with van der Waals surface area (Å²) in [5.74, 6) is 1.55. The fourth-order valence-electron chi connectivity index (χ4n) is 1.74. The van der Waals surface area contributed by atoms with E-state index in [2.05, 4.69) is 9.89 Å². The zero-order valence-electron chi connectivity index (χ0n) is 6.08. The average Bonchev–Trinajstić information content (AvgIpc) is 1.99. The first-order chi connectivity index (χ1) is 4.86. The summed E-state index contributed by atoms with van der Waals surface area (Å²) < 4.78 is 0. The van der Waals surface area contributed by atoms with Crippen molar-refractivity contribution in [2.24, 2.45) is 16.6 Å². The molecule has 3 nitrogen and oxygen atoms in total. The Morgan fingerprint density at radius 1 is 1.60 bits per heavy atom. The SMILES string of the molecule is NC1=NC[C@@H]2CCCN1C2. The number of aliphatic imine (C=N–C) groups is 1. The first kappa shape index (κ1) is 6.01. The van der Waals surface area contributed by atoms with Crippen LogP contribution in [0.1, 0.15) is 12.8 Å². The van der Waals surface area contributed by atoms with Crippen molar-refractivity contribution >= 4 is 5.96 Å². The molecule has 2 aliphatic rings. The maximum absolute atomic E-state index is 5.66. The second kappa shape index (κ2) is 2.15. The van der Waals surface area contributed by atoms with E-state index in [0.29, 0.717) is 0 Å². The molecule has 2 N–H and O–H groups in total. The molecular weight excluding hydrogens is 126 g/mol. The van der Waals surface area contributed by atoms with E-state index in [1.165, 1.54) is 12.8 Å². The lowest BCUT2D eigenvalue weighted by Crippen LogP contribution is -2.48. The molecule has 0 aromatic heterocycles. The van der Waals surface area contributed by atoms with E-state index in [1.54, 1.807) is 0 Å². The van der Waals surface area contributed by atoms with Gasteiger partial charge in [-0.1, -0.05) is 0 Å². The Morgan fingerprint density at radius 3 is 3.30 bits per heavy atom. The standard InChI is InChI=1S/C7H13N3/c8-7-9-4-6-2-1-3-10(7)5-6/h6H,1-5H2,(H2,8,9)/t6-/m0/s1. The van der Waals surface area contributed by atoms with Gasteiger partial charge in [-0.15, -0.1) is 0 Å². The summed E-state index contributed by atoms with van der Waals surface area (Å²) in [5, 5.41) is 0. The molecule has 1 saturated heterocycles. The molecule has 0 radical (unpaired) electrons. The highest BCUT2D eigenvalue weighted by atomic mass is 15.3. The lowest BCUT2D eigenvalue weighted by molar-refractivity contribution is 0.243. The molecule has 0 amide bonds. The van der Waals surface area contributed by atoms with Crippen LogP contribution in [-0.4, -0.2) is 30.5 Å². The van der Waals surface area contributed by atoms with Crippen molar-refractivity contribution in [1.82, 2.24) is 4.90 Å². The van der Waals surface area contributed by atoms with Crippen LogP contribution in [0.5, 0.6) is 0 Å². The maximum atomic E-state index is 5.66. The lowest BCUT2D eigenvalue weighted by atomic mass is 9.97. The van der Waals surface area contributed by atoms with Crippen LogP contribution in [0.15, 0.2) is 4.99 Å². The molecule has 0 unspecified atom stereocenters. The Bertz CT molecular complexity index is 164. The van der Waals surface area contributed by atoms with Crippen molar-refractivity contribution in [3.63, 3.8) is 0 Å². The molecule has 0 aromatic rings. The van der Waals surface area contributed by atoms with Gasteiger partial charge in [-0.25, -0.2) is 0 Å². The van der Waals surface area contributed by atoms with Gasteiger partial charge in [0.25, 0.3) is 0 Å². The van der Waals surface area contributed by atoms with E-state index in [-0.39, 0.29) is 0 Å². The minimum atomic E-state index is 0.760. The van der Waals surface area contributed by atoms with Crippen LogP contribution < -0.4 is 5.73 Å². The highest BCUT2D eigenvalue weighted by Crippen LogP contribution is 2.19. The highest BCUT2D eigenvalue weighted by molar-refractivity contribution is 5.78. The molecule has 2 bridgehead atoms. The zero-order valence-corrected chi connectivity index (χ0v) is 6.08. The van der Waals surface area contributed by atoms with Crippen LogP contribution in [0.25, 0.3) is 0 Å². The van der Waals surface area contributed by atoms with Gasteiger partial charge in [0.1, 0.15) is 0 Å². The van der Waals surface area contributed by atoms with Crippen molar-refractivity contribution in [3.05, 3.63) is 0 Å². The van der Waals surface area contributed by atoms with Gasteiger partial charge in [-0.2, -0.15) is 0 Å². The number of fused-ring (bicyclic) bond motifs is 2. The predicted molar refractivity (Wildman–Crippen MR) is 40.8 cm³/mol. The number of hydrogen-bond donors (Lipinski definition) is 1. The number of rotatable bonds is 0. The third-order valence-electron chi connectivity index (χ3n) is 2.35. The smallest absolute Gasteiger partial charge is 0.191 e. The molecule has 3 heteroatoms. The van der Waals surface area contributed by atoms with Crippen molar-refractivity contribution < 1.29 is 0 Å². The van der Waals surface area contributed by atoms with Crippen LogP contribution in [0, 0.1) is 5.92 Å². The summed E-state index contributed by atoms with van der Waals surface area (Å²) in [4.78, 5) is 6.43. The molecule has 56 valence electrons. The summed E-state index contributed by atoms with van der Waals surface area (Å²) >= 11 is 0. The third kappa shape index (κ3) is 0.856. The largest absolute Gasteiger partial charge is 0.370 e.